The van der Waals surface area contributed by atoms with Gasteiger partial charge in [0.25, 0.3) is 5.91 Å². The Morgan fingerprint density at radius 3 is 2.63 bits per heavy atom. The van der Waals surface area contributed by atoms with E-state index in [0.29, 0.717) is 52.7 Å². The monoisotopic (exact) mass is 630 g/mol. The molecule has 1 unspecified atom stereocenters. The SMILES string of the molecule is Cc1cc(C2CN(C(=O)[C@@H]3CC[C@@H]4C[C@H]5C[C@H]5C[C@H](NC(=O)c5cc6cc(C(F)P(=O)(O)O)ccc6s5)C(=O)N43)C2)on1. The summed E-state index contributed by atoms with van der Waals surface area (Å²) in [7, 11) is -4.97. The van der Waals surface area contributed by atoms with Crippen molar-refractivity contribution in [2.45, 2.75) is 69.0 Å². The van der Waals surface area contributed by atoms with E-state index in [0.717, 1.165) is 42.1 Å². The molecule has 3 N–H and O–H groups in total. The largest absolute Gasteiger partial charge is 0.363 e. The van der Waals surface area contributed by atoms with Gasteiger partial charge in [0, 0.05) is 29.9 Å². The summed E-state index contributed by atoms with van der Waals surface area (Å²) in [6, 6.07) is 6.22. The number of carbonyl (C=O) groups is 3. The molecule has 3 saturated heterocycles. The standard InChI is InChI=1S/C29H32FN4O7PS/c1-14-6-23(41-32-14)19-12-33(13-19)29(37)22-4-3-20-9-16-8-17(16)10-21(28(36)34(20)22)31-27(35)25-11-18-7-15(2-5-24(18)43-25)26(30)42(38,39)40/h2,5-7,11,16-17,19-22,26H,3-4,8-10,12-13H2,1H3,(H,31,35)(H2,38,39,40)/t16-,17+,20-,21+,22+,26?/m1/s1. The Morgan fingerprint density at radius 1 is 1.14 bits per heavy atom. The molecule has 3 aliphatic heterocycles. The molecule has 4 aliphatic rings. The summed E-state index contributed by atoms with van der Waals surface area (Å²) in [6.45, 7) is 2.90. The number of rotatable bonds is 6. The molecule has 1 aliphatic carbocycles. The summed E-state index contributed by atoms with van der Waals surface area (Å²) in [5, 5.41) is 7.35. The minimum atomic E-state index is -4.97. The lowest BCUT2D eigenvalue weighted by molar-refractivity contribution is -0.150. The van der Waals surface area contributed by atoms with E-state index in [1.807, 2.05) is 13.0 Å². The molecule has 3 amide bonds. The van der Waals surface area contributed by atoms with Crippen LogP contribution in [0.25, 0.3) is 10.1 Å². The lowest BCUT2D eigenvalue weighted by Gasteiger charge is -2.42. The summed E-state index contributed by atoms with van der Waals surface area (Å²) < 4.78 is 31.7. The second kappa shape index (κ2) is 10.5. The van der Waals surface area contributed by atoms with Gasteiger partial charge in [0.2, 0.25) is 17.7 Å². The van der Waals surface area contributed by atoms with E-state index in [2.05, 4.69) is 10.5 Å². The van der Waals surface area contributed by atoms with Gasteiger partial charge in [-0.3, -0.25) is 18.9 Å². The first-order chi connectivity index (χ1) is 20.5. The smallest absolute Gasteiger partial charge is 0.361 e. The first kappa shape index (κ1) is 28.6. The van der Waals surface area contributed by atoms with Crippen LogP contribution in [0, 0.1) is 18.8 Å². The second-order valence-electron chi connectivity index (χ2n) is 12.4. The molecule has 7 rings (SSSR count). The van der Waals surface area contributed by atoms with Gasteiger partial charge in [0.05, 0.1) is 16.5 Å². The second-order valence-corrected chi connectivity index (χ2v) is 15.1. The fourth-order valence-corrected chi connectivity index (χ4v) is 8.50. The molecule has 3 aromatic rings. The predicted octanol–water partition coefficient (Wildman–Crippen LogP) is 3.86. The molecule has 11 nitrogen and oxygen atoms in total. The van der Waals surface area contributed by atoms with Crippen molar-refractivity contribution >= 4 is 46.7 Å². The van der Waals surface area contributed by atoms with Gasteiger partial charge in [0.1, 0.15) is 17.8 Å². The maximum Gasteiger partial charge on any atom is 0.363 e. The number of aryl methyl sites for hydroxylation is 1. The summed E-state index contributed by atoms with van der Waals surface area (Å²) in [6.07, 6.45) is 3.75. The van der Waals surface area contributed by atoms with Crippen molar-refractivity contribution in [1.29, 1.82) is 0 Å². The van der Waals surface area contributed by atoms with Gasteiger partial charge in [-0.1, -0.05) is 11.2 Å². The van der Waals surface area contributed by atoms with Gasteiger partial charge in [-0.15, -0.1) is 11.3 Å². The highest BCUT2D eigenvalue weighted by molar-refractivity contribution is 7.51. The fraction of sp³-hybridized carbons (Fsp3) is 0.517. The van der Waals surface area contributed by atoms with Crippen LogP contribution in [0.2, 0.25) is 0 Å². The Kier molecular flexibility index (Phi) is 7.00. The molecule has 1 aromatic carbocycles. The van der Waals surface area contributed by atoms with Crippen molar-refractivity contribution in [3.63, 3.8) is 0 Å². The van der Waals surface area contributed by atoms with Crippen LogP contribution in [-0.2, 0) is 14.2 Å². The summed E-state index contributed by atoms with van der Waals surface area (Å²) in [5.74, 6) is -1.51. The fourth-order valence-electron chi connectivity index (χ4n) is 7.00. The van der Waals surface area contributed by atoms with E-state index in [4.69, 9.17) is 4.52 Å². The molecule has 0 radical (unpaired) electrons. The summed E-state index contributed by atoms with van der Waals surface area (Å²) >= 11 is 1.16. The molecule has 5 heterocycles. The van der Waals surface area contributed by atoms with Crippen LogP contribution in [-0.4, -0.2) is 73.7 Å². The quantitative estimate of drug-likeness (QED) is 0.347. The van der Waals surface area contributed by atoms with Crippen molar-refractivity contribution in [2.75, 3.05) is 13.1 Å². The molecule has 43 heavy (non-hydrogen) atoms. The van der Waals surface area contributed by atoms with Gasteiger partial charge < -0.3 is 29.4 Å². The number of hydrogen-bond donors (Lipinski definition) is 3. The number of fused-ring (bicyclic) bond motifs is 3. The van der Waals surface area contributed by atoms with E-state index < -0.39 is 31.5 Å². The molecule has 0 spiro atoms. The van der Waals surface area contributed by atoms with Gasteiger partial charge >= 0.3 is 7.60 Å². The van der Waals surface area contributed by atoms with Gasteiger partial charge in [-0.05, 0) is 80.0 Å². The summed E-state index contributed by atoms with van der Waals surface area (Å²) in [5.41, 5.74) is 0.630. The van der Waals surface area contributed by atoms with Crippen molar-refractivity contribution in [3.8, 4) is 0 Å². The van der Waals surface area contributed by atoms with Crippen LogP contribution in [0.4, 0.5) is 4.39 Å². The van der Waals surface area contributed by atoms with E-state index in [1.54, 1.807) is 15.9 Å². The zero-order valence-corrected chi connectivity index (χ0v) is 25.1. The first-order valence-electron chi connectivity index (χ1n) is 14.5. The molecule has 4 fully saturated rings. The van der Waals surface area contributed by atoms with Crippen LogP contribution in [0.15, 0.2) is 34.9 Å². The Hall–Kier alpha value is -3.12. The van der Waals surface area contributed by atoms with Gasteiger partial charge in [0.15, 0.2) is 0 Å². The lowest BCUT2D eigenvalue weighted by Crippen LogP contribution is -2.59. The van der Waals surface area contributed by atoms with E-state index in [9.17, 15) is 33.1 Å². The minimum absolute atomic E-state index is 0.0319. The number of thiophene rings is 1. The van der Waals surface area contributed by atoms with E-state index >= 15 is 0 Å². The number of amides is 3. The number of aromatic nitrogens is 1. The Morgan fingerprint density at radius 2 is 1.91 bits per heavy atom. The van der Waals surface area contributed by atoms with E-state index in [-0.39, 0.29) is 29.3 Å². The number of benzene rings is 1. The highest BCUT2D eigenvalue weighted by Gasteiger charge is 2.52. The van der Waals surface area contributed by atoms with Gasteiger partial charge in [-0.25, -0.2) is 4.39 Å². The van der Waals surface area contributed by atoms with Crippen molar-refractivity contribution in [3.05, 3.63) is 52.2 Å². The number of halogens is 1. The molecular weight excluding hydrogens is 598 g/mol. The third-order valence-electron chi connectivity index (χ3n) is 9.40. The minimum Gasteiger partial charge on any atom is -0.361 e. The highest BCUT2D eigenvalue weighted by atomic mass is 32.1. The molecule has 228 valence electrons. The maximum absolute atomic E-state index is 14.3. The van der Waals surface area contributed by atoms with Crippen molar-refractivity contribution < 1.29 is 37.6 Å². The van der Waals surface area contributed by atoms with Crippen LogP contribution in [0.5, 0.6) is 0 Å². The number of hydrogen-bond acceptors (Lipinski definition) is 7. The van der Waals surface area contributed by atoms with Crippen LogP contribution >= 0.6 is 18.9 Å². The molecule has 1 saturated carbocycles. The zero-order valence-electron chi connectivity index (χ0n) is 23.4. The number of alkyl halides is 1. The normalized spacial score (nSPS) is 28.1. The molecule has 6 atom stereocenters. The number of likely N-dealkylation sites (tertiary alicyclic amines) is 1. The molecule has 14 heteroatoms. The van der Waals surface area contributed by atoms with Crippen molar-refractivity contribution in [2.24, 2.45) is 11.8 Å². The number of carbonyl (C=O) groups excluding carboxylic acids is 3. The zero-order chi connectivity index (χ0) is 30.2. The average Bonchev–Trinajstić information content (AvgIpc) is 3.27. The predicted molar refractivity (Wildman–Crippen MR) is 154 cm³/mol. The van der Waals surface area contributed by atoms with Crippen LogP contribution in [0.3, 0.4) is 0 Å². The third kappa shape index (κ3) is 5.30. The van der Waals surface area contributed by atoms with Crippen molar-refractivity contribution in [1.82, 2.24) is 20.3 Å². The van der Waals surface area contributed by atoms with Gasteiger partial charge in [-0.2, -0.15) is 0 Å². The third-order valence-corrected chi connectivity index (χ3v) is 11.4. The Labute approximate surface area is 250 Å². The Balaban J connectivity index is 1.07. The van der Waals surface area contributed by atoms with E-state index in [1.165, 1.54) is 18.2 Å². The Bertz CT molecular complexity index is 1660. The maximum atomic E-state index is 14.3. The highest BCUT2D eigenvalue weighted by Crippen LogP contribution is 2.53. The summed E-state index contributed by atoms with van der Waals surface area (Å²) in [4.78, 5) is 63.3. The molecular formula is C29H32FN4O7PS. The number of nitrogens with zero attached hydrogens (tertiary/aromatic N) is 3. The van der Waals surface area contributed by atoms with Crippen LogP contribution < -0.4 is 5.32 Å². The molecule has 0 bridgehead atoms. The van der Waals surface area contributed by atoms with Crippen LogP contribution in [0.1, 0.15) is 70.6 Å². The topological polar surface area (TPSA) is 153 Å². The first-order valence-corrected chi connectivity index (χ1v) is 17.0. The molecule has 2 aromatic heterocycles. The average molecular weight is 631 g/mol. The number of nitrogens with one attached hydrogen (secondary N) is 1. The lowest BCUT2D eigenvalue weighted by atomic mass is 9.95.